The molecule has 6 nitrogen and oxygen atoms in total. The molecule has 0 amide bonds. The van der Waals surface area contributed by atoms with E-state index in [4.69, 9.17) is 24.0 Å². The lowest BCUT2D eigenvalue weighted by atomic mass is 9.75. The Morgan fingerprint density at radius 1 is 0.919 bits per heavy atom. The molecular formula is C31H34N2O4. The number of rotatable bonds is 10. The zero-order valence-electron chi connectivity index (χ0n) is 21.5. The fourth-order valence-electron chi connectivity index (χ4n) is 5.24. The molecule has 6 heteroatoms. The Labute approximate surface area is 218 Å². The maximum absolute atomic E-state index is 5.65. The molecule has 3 aromatic carbocycles. The van der Waals surface area contributed by atoms with Gasteiger partial charge in [0.1, 0.15) is 19.0 Å². The molecule has 1 heterocycles. The molecule has 2 atom stereocenters. The maximum atomic E-state index is 5.65. The topological polar surface area (TPSA) is 61.3 Å². The van der Waals surface area contributed by atoms with Gasteiger partial charge in [0.25, 0.3) is 0 Å². The third kappa shape index (κ3) is 5.49. The van der Waals surface area contributed by atoms with E-state index < -0.39 is 0 Å². The van der Waals surface area contributed by atoms with Gasteiger partial charge in [0.05, 0.1) is 31.7 Å². The first-order chi connectivity index (χ1) is 18.2. The van der Waals surface area contributed by atoms with Crippen molar-refractivity contribution < 1.29 is 19.0 Å². The monoisotopic (exact) mass is 498 g/mol. The number of methoxy groups -OCH3 is 2. The van der Waals surface area contributed by atoms with Crippen molar-refractivity contribution in [1.82, 2.24) is 5.48 Å². The number of ether oxygens (including phenoxy) is 3. The molecule has 0 radical (unpaired) electrons. The largest absolute Gasteiger partial charge is 0.493 e. The zero-order chi connectivity index (χ0) is 25.6. The van der Waals surface area contributed by atoms with Crippen molar-refractivity contribution in [3.05, 3.63) is 95.6 Å². The second-order valence-electron chi connectivity index (χ2n) is 9.40. The smallest absolute Gasteiger partial charge is 0.161 e. The summed E-state index contributed by atoms with van der Waals surface area (Å²) in [6.07, 6.45) is 4.74. The predicted molar refractivity (Wildman–Crippen MR) is 147 cm³/mol. The quantitative estimate of drug-likeness (QED) is 0.268. The first-order valence-electron chi connectivity index (χ1n) is 12.9. The standard InChI is InChI=1S/C31H34N2O4/c1-21(33-37-18-17-36-24-9-5-4-6-10-24)22-13-15-23(16-14-22)31-27-20-30(35-3)29(34-2)19-26(27)25-11-7-8-12-28(25)32-31/h4-6,9-10,13-16,19-20,25,28,33H,1,7-8,11-12,17-18H2,2-3H3/t25-,28-/m1/s1. The summed E-state index contributed by atoms with van der Waals surface area (Å²) in [5, 5.41) is 0. The van der Waals surface area contributed by atoms with E-state index in [-0.39, 0.29) is 0 Å². The third-order valence-corrected chi connectivity index (χ3v) is 7.13. The fraction of sp³-hybridized carbons (Fsp3) is 0.323. The van der Waals surface area contributed by atoms with E-state index in [1.165, 1.54) is 18.4 Å². The van der Waals surface area contributed by atoms with Gasteiger partial charge in [-0.05, 0) is 48.2 Å². The Hall–Kier alpha value is -3.77. The van der Waals surface area contributed by atoms with E-state index in [0.717, 1.165) is 52.5 Å². The number of hydroxylamine groups is 1. The van der Waals surface area contributed by atoms with Crippen LogP contribution in [0.3, 0.4) is 0 Å². The lowest BCUT2D eigenvalue weighted by Crippen LogP contribution is -2.29. The summed E-state index contributed by atoms with van der Waals surface area (Å²) in [5.41, 5.74) is 9.10. The molecule has 37 heavy (non-hydrogen) atoms. The van der Waals surface area contributed by atoms with Crippen LogP contribution < -0.4 is 19.7 Å². The lowest BCUT2D eigenvalue weighted by molar-refractivity contribution is 0.0541. The van der Waals surface area contributed by atoms with Gasteiger partial charge in [-0.15, -0.1) is 0 Å². The molecule has 192 valence electrons. The SMILES string of the molecule is C=C(NOCCOc1ccccc1)c1ccc(C2=N[C@@H]3CCCC[C@@H]3c3cc(OC)c(OC)cc32)cc1. The van der Waals surface area contributed by atoms with Crippen molar-refractivity contribution in [2.24, 2.45) is 4.99 Å². The van der Waals surface area contributed by atoms with E-state index in [2.05, 4.69) is 36.3 Å². The molecule has 0 aromatic heterocycles. The van der Waals surface area contributed by atoms with E-state index in [1.54, 1.807) is 14.2 Å². The van der Waals surface area contributed by atoms with E-state index in [9.17, 15) is 0 Å². The van der Waals surface area contributed by atoms with Crippen LogP contribution in [0, 0.1) is 0 Å². The van der Waals surface area contributed by atoms with Crippen molar-refractivity contribution >= 4 is 11.4 Å². The van der Waals surface area contributed by atoms with Crippen molar-refractivity contribution in [3.63, 3.8) is 0 Å². The molecule has 3 aromatic rings. The number of nitrogens with zero attached hydrogens (tertiary/aromatic N) is 1. The average Bonchev–Trinajstić information content (AvgIpc) is 2.96. The van der Waals surface area contributed by atoms with E-state index in [0.29, 0.717) is 30.9 Å². The van der Waals surface area contributed by atoms with Gasteiger partial charge in [-0.25, -0.2) is 0 Å². The molecule has 5 rings (SSSR count). The molecule has 1 aliphatic heterocycles. The average molecular weight is 499 g/mol. The zero-order valence-corrected chi connectivity index (χ0v) is 21.5. The first kappa shape index (κ1) is 24.9. The highest BCUT2D eigenvalue weighted by atomic mass is 16.7. The highest BCUT2D eigenvalue weighted by Crippen LogP contribution is 2.44. The molecule has 0 bridgehead atoms. The molecule has 1 N–H and O–H groups in total. The van der Waals surface area contributed by atoms with Gasteiger partial charge in [0, 0.05) is 17.0 Å². The second kappa shape index (κ2) is 11.5. The Kier molecular flexibility index (Phi) is 7.76. The molecule has 1 saturated carbocycles. The van der Waals surface area contributed by atoms with Crippen molar-refractivity contribution in [2.75, 3.05) is 27.4 Å². The summed E-state index contributed by atoms with van der Waals surface area (Å²) in [6.45, 7) is 4.96. The number of benzene rings is 3. The molecule has 1 aliphatic carbocycles. The summed E-state index contributed by atoms with van der Waals surface area (Å²) in [7, 11) is 3.37. The van der Waals surface area contributed by atoms with Crippen molar-refractivity contribution in [2.45, 2.75) is 37.6 Å². The Balaban J connectivity index is 1.28. The van der Waals surface area contributed by atoms with Crippen LogP contribution in [0.5, 0.6) is 17.2 Å². The summed E-state index contributed by atoms with van der Waals surface area (Å²) in [4.78, 5) is 10.8. The minimum atomic E-state index is 0.303. The predicted octanol–water partition coefficient (Wildman–Crippen LogP) is 6.15. The summed E-state index contributed by atoms with van der Waals surface area (Å²) in [5.74, 6) is 2.76. The van der Waals surface area contributed by atoms with E-state index >= 15 is 0 Å². The molecule has 0 unspecified atom stereocenters. The first-order valence-corrected chi connectivity index (χ1v) is 12.9. The summed E-state index contributed by atoms with van der Waals surface area (Å²) < 4.78 is 16.9. The minimum absolute atomic E-state index is 0.303. The van der Waals surface area contributed by atoms with Crippen LogP contribution in [-0.4, -0.2) is 39.2 Å². The maximum Gasteiger partial charge on any atom is 0.161 e. The highest BCUT2D eigenvalue weighted by molar-refractivity contribution is 6.15. The molecule has 0 saturated heterocycles. The second-order valence-corrected chi connectivity index (χ2v) is 9.40. The molecule has 0 spiro atoms. The normalized spacial score (nSPS) is 18.2. The summed E-state index contributed by atoms with van der Waals surface area (Å²) in [6, 6.07) is 22.5. The van der Waals surface area contributed by atoms with Crippen LogP contribution >= 0.6 is 0 Å². The molecular weight excluding hydrogens is 464 g/mol. The lowest BCUT2D eigenvalue weighted by Gasteiger charge is -2.35. The summed E-state index contributed by atoms with van der Waals surface area (Å²) >= 11 is 0. The third-order valence-electron chi connectivity index (χ3n) is 7.13. The van der Waals surface area contributed by atoms with Gasteiger partial charge in [-0.2, -0.15) is 0 Å². The van der Waals surface area contributed by atoms with Crippen LogP contribution in [-0.2, 0) is 4.84 Å². The van der Waals surface area contributed by atoms with E-state index in [1.807, 2.05) is 42.5 Å². The number of hydrogen-bond acceptors (Lipinski definition) is 6. The van der Waals surface area contributed by atoms with Gasteiger partial charge in [0.2, 0.25) is 0 Å². The minimum Gasteiger partial charge on any atom is -0.493 e. The number of para-hydroxylation sites is 1. The van der Waals surface area contributed by atoms with Crippen LogP contribution in [0.4, 0.5) is 0 Å². The molecule has 1 fully saturated rings. The number of hydrogen-bond donors (Lipinski definition) is 1. The van der Waals surface area contributed by atoms with Gasteiger partial charge < -0.3 is 14.2 Å². The Morgan fingerprint density at radius 2 is 1.65 bits per heavy atom. The molecule has 2 aliphatic rings. The number of fused-ring (bicyclic) bond motifs is 3. The van der Waals surface area contributed by atoms with Crippen LogP contribution in [0.25, 0.3) is 5.70 Å². The van der Waals surface area contributed by atoms with Gasteiger partial charge in [-0.3, -0.25) is 15.3 Å². The fourth-order valence-corrected chi connectivity index (χ4v) is 5.24. The van der Waals surface area contributed by atoms with Crippen LogP contribution in [0.1, 0.15) is 53.9 Å². The van der Waals surface area contributed by atoms with Crippen LogP contribution in [0.2, 0.25) is 0 Å². The number of aliphatic imine (C=N–C) groups is 1. The Morgan fingerprint density at radius 3 is 2.41 bits per heavy atom. The van der Waals surface area contributed by atoms with Crippen molar-refractivity contribution in [3.8, 4) is 17.2 Å². The van der Waals surface area contributed by atoms with Gasteiger partial charge in [-0.1, -0.05) is 61.9 Å². The van der Waals surface area contributed by atoms with Gasteiger partial charge in [0.15, 0.2) is 11.5 Å². The van der Waals surface area contributed by atoms with Crippen molar-refractivity contribution in [1.29, 1.82) is 0 Å². The van der Waals surface area contributed by atoms with Gasteiger partial charge >= 0.3 is 0 Å². The highest BCUT2D eigenvalue weighted by Gasteiger charge is 2.34. The number of nitrogens with one attached hydrogen (secondary N) is 1. The van der Waals surface area contributed by atoms with Crippen LogP contribution in [0.15, 0.2) is 78.3 Å². The Bertz CT molecular complexity index is 1250.